The molecule has 5 heteroatoms. The van der Waals surface area contributed by atoms with Gasteiger partial charge < -0.3 is 14.8 Å². The van der Waals surface area contributed by atoms with Crippen molar-refractivity contribution in [2.24, 2.45) is 0 Å². The van der Waals surface area contributed by atoms with Crippen LogP contribution < -0.4 is 14.8 Å². The van der Waals surface area contributed by atoms with E-state index >= 15 is 0 Å². The van der Waals surface area contributed by atoms with Crippen LogP contribution in [0.3, 0.4) is 0 Å². The number of ether oxygens (including phenoxy) is 2. The van der Waals surface area contributed by atoms with Crippen molar-refractivity contribution in [2.45, 2.75) is 20.0 Å². The first kappa shape index (κ1) is 18.0. The zero-order valence-corrected chi connectivity index (χ0v) is 15.6. The first-order valence-corrected chi connectivity index (χ1v) is 9.31. The molecule has 1 N–H and O–H groups in total. The Morgan fingerprint density at radius 2 is 1.77 bits per heavy atom. The van der Waals surface area contributed by atoms with Crippen LogP contribution in [-0.2, 0) is 13.0 Å². The van der Waals surface area contributed by atoms with Gasteiger partial charge in [0.2, 0.25) is 0 Å². The average molecular weight is 367 g/mol. The van der Waals surface area contributed by atoms with E-state index in [-0.39, 0.29) is 5.91 Å². The lowest BCUT2D eigenvalue weighted by Gasteiger charge is -2.09. The number of methoxy groups -OCH3 is 1. The summed E-state index contributed by atoms with van der Waals surface area (Å²) >= 11 is 1.41. The molecule has 0 spiro atoms. The number of nitrogens with one attached hydrogen (secondary N) is 1. The second-order valence-electron chi connectivity index (χ2n) is 5.76. The molecule has 0 aliphatic heterocycles. The van der Waals surface area contributed by atoms with E-state index in [0.29, 0.717) is 23.0 Å². The van der Waals surface area contributed by atoms with Gasteiger partial charge in [0.25, 0.3) is 5.91 Å². The Balaban J connectivity index is 1.60. The van der Waals surface area contributed by atoms with Crippen LogP contribution in [0.2, 0.25) is 0 Å². The number of hydrogen-bond donors (Lipinski definition) is 1. The third kappa shape index (κ3) is 4.43. The lowest BCUT2D eigenvalue weighted by molar-refractivity contribution is 0.103. The molecular weight excluding hydrogens is 346 g/mol. The summed E-state index contributed by atoms with van der Waals surface area (Å²) in [6.45, 7) is 2.49. The highest BCUT2D eigenvalue weighted by Crippen LogP contribution is 2.27. The van der Waals surface area contributed by atoms with Crippen LogP contribution in [0.1, 0.15) is 27.7 Å². The van der Waals surface area contributed by atoms with Crippen molar-refractivity contribution in [3.8, 4) is 11.5 Å². The standard InChI is InChI=1S/C21H21NO3S/c1-3-15-8-10-17(11-9-15)22-21(23)20-12-16(14-26-20)13-25-19-7-5-4-6-18(19)24-2/h4-12,14H,3,13H2,1-2H3,(H,22,23). The number of thiophene rings is 1. The van der Waals surface area contributed by atoms with Crippen molar-refractivity contribution in [2.75, 3.05) is 12.4 Å². The first-order valence-electron chi connectivity index (χ1n) is 8.43. The molecule has 0 unspecified atom stereocenters. The number of aryl methyl sites for hydroxylation is 1. The third-order valence-corrected chi connectivity index (χ3v) is 4.94. The van der Waals surface area contributed by atoms with Gasteiger partial charge in [-0.05, 0) is 47.7 Å². The molecule has 0 atom stereocenters. The minimum atomic E-state index is -0.109. The minimum Gasteiger partial charge on any atom is -0.493 e. The molecule has 0 saturated heterocycles. The molecule has 1 aromatic heterocycles. The van der Waals surface area contributed by atoms with Crippen molar-refractivity contribution in [1.29, 1.82) is 0 Å². The number of rotatable bonds is 7. The summed E-state index contributed by atoms with van der Waals surface area (Å²) in [6, 6.07) is 17.3. The molecule has 134 valence electrons. The number of anilines is 1. The number of carbonyl (C=O) groups excluding carboxylic acids is 1. The molecular formula is C21H21NO3S. The second-order valence-corrected chi connectivity index (χ2v) is 6.67. The molecule has 3 rings (SSSR count). The van der Waals surface area contributed by atoms with E-state index in [0.717, 1.165) is 17.7 Å². The molecule has 3 aromatic rings. The van der Waals surface area contributed by atoms with Gasteiger partial charge in [-0.25, -0.2) is 0 Å². The second kappa shape index (κ2) is 8.54. The molecule has 0 aliphatic carbocycles. The Morgan fingerprint density at radius 3 is 2.46 bits per heavy atom. The maximum Gasteiger partial charge on any atom is 0.265 e. The van der Waals surface area contributed by atoms with Crippen LogP contribution in [0, 0.1) is 0 Å². The van der Waals surface area contributed by atoms with E-state index in [2.05, 4.69) is 12.2 Å². The average Bonchev–Trinajstić information content (AvgIpc) is 3.16. The molecule has 0 radical (unpaired) electrons. The van der Waals surface area contributed by atoms with Crippen LogP contribution in [0.5, 0.6) is 11.5 Å². The predicted molar refractivity (Wildman–Crippen MR) is 105 cm³/mol. The smallest absolute Gasteiger partial charge is 0.265 e. The van der Waals surface area contributed by atoms with Gasteiger partial charge in [0, 0.05) is 11.3 Å². The van der Waals surface area contributed by atoms with Crippen LogP contribution in [0.15, 0.2) is 60.0 Å². The summed E-state index contributed by atoms with van der Waals surface area (Å²) < 4.78 is 11.1. The van der Waals surface area contributed by atoms with E-state index < -0.39 is 0 Å². The van der Waals surface area contributed by atoms with Crippen molar-refractivity contribution in [1.82, 2.24) is 0 Å². The molecule has 0 bridgehead atoms. The van der Waals surface area contributed by atoms with Gasteiger partial charge in [0.15, 0.2) is 11.5 Å². The van der Waals surface area contributed by atoms with Crippen LogP contribution in [-0.4, -0.2) is 13.0 Å². The summed E-state index contributed by atoms with van der Waals surface area (Å²) in [5.41, 5.74) is 3.00. The molecule has 1 amide bonds. The highest BCUT2D eigenvalue weighted by atomic mass is 32.1. The molecule has 26 heavy (non-hydrogen) atoms. The summed E-state index contributed by atoms with van der Waals surface area (Å²) in [5.74, 6) is 1.27. The number of hydrogen-bond acceptors (Lipinski definition) is 4. The zero-order valence-electron chi connectivity index (χ0n) is 14.8. The van der Waals surface area contributed by atoms with Gasteiger partial charge >= 0.3 is 0 Å². The van der Waals surface area contributed by atoms with Gasteiger partial charge in [0.05, 0.1) is 12.0 Å². The number of benzene rings is 2. The van der Waals surface area contributed by atoms with Gasteiger partial charge in [-0.3, -0.25) is 4.79 Å². The molecule has 0 aliphatic rings. The Bertz CT molecular complexity index is 871. The summed E-state index contributed by atoms with van der Waals surface area (Å²) in [5, 5.41) is 4.86. The van der Waals surface area contributed by atoms with Gasteiger partial charge in [-0.15, -0.1) is 11.3 Å². The molecule has 2 aromatic carbocycles. The number of carbonyl (C=O) groups is 1. The lowest BCUT2D eigenvalue weighted by atomic mass is 10.1. The van der Waals surface area contributed by atoms with Crippen molar-refractivity contribution >= 4 is 22.9 Å². The summed E-state index contributed by atoms with van der Waals surface area (Å²) in [4.78, 5) is 13.1. The molecule has 0 fully saturated rings. The Labute approximate surface area is 157 Å². The summed E-state index contributed by atoms with van der Waals surface area (Å²) in [7, 11) is 1.61. The van der Waals surface area contributed by atoms with Crippen molar-refractivity contribution < 1.29 is 14.3 Å². The van der Waals surface area contributed by atoms with E-state index in [1.807, 2.05) is 60.0 Å². The topological polar surface area (TPSA) is 47.6 Å². The highest BCUT2D eigenvalue weighted by Gasteiger charge is 2.11. The maximum atomic E-state index is 12.4. The van der Waals surface area contributed by atoms with Crippen LogP contribution >= 0.6 is 11.3 Å². The fraction of sp³-hybridized carbons (Fsp3) is 0.190. The van der Waals surface area contributed by atoms with Gasteiger partial charge in [-0.2, -0.15) is 0 Å². The largest absolute Gasteiger partial charge is 0.493 e. The minimum absolute atomic E-state index is 0.109. The van der Waals surface area contributed by atoms with E-state index in [1.165, 1.54) is 16.9 Å². The quantitative estimate of drug-likeness (QED) is 0.628. The SMILES string of the molecule is CCc1ccc(NC(=O)c2cc(COc3ccccc3OC)cs2)cc1. The van der Waals surface area contributed by atoms with Crippen LogP contribution in [0.4, 0.5) is 5.69 Å². The fourth-order valence-electron chi connectivity index (χ4n) is 2.49. The van der Waals surface area contributed by atoms with Gasteiger partial charge in [-0.1, -0.05) is 31.2 Å². The summed E-state index contributed by atoms with van der Waals surface area (Å²) in [6.07, 6.45) is 0.981. The Kier molecular flexibility index (Phi) is 5.92. The van der Waals surface area contributed by atoms with Crippen LogP contribution in [0.25, 0.3) is 0 Å². The molecule has 0 saturated carbocycles. The van der Waals surface area contributed by atoms with Crippen molar-refractivity contribution in [3.05, 3.63) is 76.0 Å². The molecule has 1 heterocycles. The maximum absolute atomic E-state index is 12.4. The lowest BCUT2D eigenvalue weighted by Crippen LogP contribution is -2.10. The monoisotopic (exact) mass is 367 g/mol. The zero-order chi connectivity index (χ0) is 18.4. The molecule has 4 nitrogen and oxygen atoms in total. The Hall–Kier alpha value is -2.79. The normalized spacial score (nSPS) is 10.4. The van der Waals surface area contributed by atoms with Gasteiger partial charge in [0.1, 0.15) is 6.61 Å². The fourth-order valence-corrected chi connectivity index (χ4v) is 3.28. The first-order chi connectivity index (χ1) is 12.7. The highest BCUT2D eigenvalue weighted by molar-refractivity contribution is 7.12. The predicted octanol–water partition coefficient (Wildman–Crippen LogP) is 5.15. The van der Waals surface area contributed by atoms with E-state index in [9.17, 15) is 4.79 Å². The van der Waals surface area contributed by atoms with E-state index in [4.69, 9.17) is 9.47 Å². The Morgan fingerprint density at radius 1 is 1.04 bits per heavy atom. The number of para-hydroxylation sites is 2. The number of amides is 1. The van der Waals surface area contributed by atoms with E-state index in [1.54, 1.807) is 7.11 Å². The third-order valence-electron chi connectivity index (χ3n) is 3.96. The van der Waals surface area contributed by atoms with Crippen molar-refractivity contribution in [3.63, 3.8) is 0 Å².